The summed E-state index contributed by atoms with van der Waals surface area (Å²) >= 11 is 0. The van der Waals surface area contributed by atoms with Crippen LogP contribution in [-0.4, -0.2) is 41.8 Å². The van der Waals surface area contributed by atoms with Crippen molar-refractivity contribution in [3.8, 4) is 0 Å². The first-order chi connectivity index (χ1) is 8.31. The highest BCUT2D eigenvalue weighted by atomic mass is 19.2. The summed E-state index contributed by atoms with van der Waals surface area (Å²) in [5.41, 5.74) is 3.38. The maximum Gasteiger partial charge on any atom is 0.239 e. The molecule has 2 unspecified atom stereocenters. The van der Waals surface area contributed by atoms with Crippen LogP contribution in [0.15, 0.2) is 23.6 Å². The van der Waals surface area contributed by atoms with Gasteiger partial charge in [0.05, 0.1) is 0 Å². The number of likely N-dealkylation sites (tertiary alicyclic amines) is 1. The molecule has 0 aromatic carbocycles. The molecule has 0 saturated carbocycles. The van der Waals surface area contributed by atoms with Gasteiger partial charge < -0.3 is 5.73 Å². The number of hydrogen-bond donors (Lipinski definition) is 1. The monoisotopic (exact) mass is 260 g/mol. The molecule has 1 fully saturated rings. The van der Waals surface area contributed by atoms with E-state index in [1.807, 2.05) is 0 Å². The third-order valence-corrected chi connectivity index (χ3v) is 3.34. The Kier molecular flexibility index (Phi) is 3.23. The van der Waals surface area contributed by atoms with Gasteiger partial charge in [-0.25, -0.2) is 13.2 Å². The van der Waals surface area contributed by atoms with Crippen LogP contribution in [0.2, 0.25) is 0 Å². The van der Waals surface area contributed by atoms with E-state index in [0.717, 1.165) is 6.08 Å². The van der Waals surface area contributed by atoms with Crippen molar-refractivity contribution in [1.82, 2.24) is 4.90 Å². The fraction of sp³-hybridized carbons (Fsp3) is 0.583. The minimum Gasteiger partial charge on any atom is -0.368 e. The van der Waals surface area contributed by atoms with Gasteiger partial charge in [0.25, 0.3) is 0 Å². The smallest absolute Gasteiger partial charge is 0.239 e. The van der Waals surface area contributed by atoms with Crippen LogP contribution < -0.4 is 5.73 Å². The predicted octanol–water partition coefficient (Wildman–Crippen LogP) is 1.41. The highest BCUT2D eigenvalue weighted by molar-refractivity contribution is 5.84. The van der Waals surface area contributed by atoms with Gasteiger partial charge in [-0.15, -0.1) is 0 Å². The SMILES string of the molecule is CC1(F)CC(F)=CC=C1C(C(N)=O)N1CC(F)C1. The standard InChI is InChI=1S/C12H15F3N2O/c1-12(15)4-7(13)2-3-9(12)10(11(16)18)17-5-8(14)6-17/h2-3,8,10H,4-6H2,1H3,(H2,16,18). The Hall–Kier alpha value is -1.30. The van der Waals surface area contributed by atoms with Crippen LogP contribution in [0.5, 0.6) is 0 Å². The Bertz CT molecular complexity index is 425. The third-order valence-electron chi connectivity index (χ3n) is 3.34. The van der Waals surface area contributed by atoms with Gasteiger partial charge in [-0.2, -0.15) is 0 Å². The lowest BCUT2D eigenvalue weighted by Crippen LogP contribution is -2.60. The Labute approximate surface area is 103 Å². The second-order valence-electron chi connectivity index (χ2n) is 4.97. The van der Waals surface area contributed by atoms with Gasteiger partial charge in [0, 0.05) is 19.5 Å². The van der Waals surface area contributed by atoms with Crippen molar-refractivity contribution in [3.63, 3.8) is 0 Å². The molecule has 0 bridgehead atoms. The molecule has 0 aromatic heterocycles. The van der Waals surface area contributed by atoms with Crippen LogP contribution in [0, 0.1) is 0 Å². The van der Waals surface area contributed by atoms with Crippen molar-refractivity contribution < 1.29 is 18.0 Å². The molecular weight excluding hydrogens is 245 g/mol. The van der Waals surface area contributed by atoms with Gasteiger partial charge in [-0.3, -0.25) is 9.69 Å². The van der Waals surface area contributed by atoms with E-state index in [1.54, 1.807) is 0 Å². The average molecular weight is 260 g/mol. The van der Waals surface area contributed by atoms with E-state index in [1.165, 1.54) is 17.9 Å². The minimum atomic E-state index is -1.97. The number of alkyl halides is 2. The van der Waals surface area contributed by atoms with Gasteiger partial charge >= 0.3 is 0 Å². The van der Waals surface area contributed by atoms with Crippen LogP contribution in [0.1, 0.15) is 13.3 Å². The van der Waals surface area contributed by atoms with Crippen LogP contribution in [0.3, 0.4) is 0 Å². The normalized spacial score (nSPS) is 31.3. The number of carbonyl (C=O) groups excluding carboxylic acids is 1. The van der Waals surface area contributed by atoms with Crippen molar-refractivity contribution >= 4 is 5.91 Å². The molecule has 2 rings (SSSR count). The highest BCUT2D eigenvalue weighted by Crippen LogP contribution is 2.37. The van der Waals surface area contributed by atoms with Crippen molar-refractivity contribution in [2.45, 2.75) is 31.2 Å². The van der Waals surface area contributed by atoms with Crippen molar-refractivity contribution in [2.75, 3.05) is 13.1 Å². The zero-order valence-corrected chi connectivity index (χ0v) is 10.00. The number of primary amides is 1. The number of halogens is 3. The zero-order valence-electron chi connectivity index (χ0n) is 10.00. The number of rotatable bonds is 3. The van der Waals surface area contributed by atoms with Gasteiger partial charge in [0.2, 0.25) is 5.91 Å². The summed E-state index contributed by atoms with van der Waals surface area (Å²) in [5, 5.41) is 0. The molecular formula is C12H15F3N2O. The van der Waals surface area contributed by atoms with Gasteiger partial charge in [-0.05, 0) is 18.6 Å². The first-order valence-electron chi connectivity index (χ1n) is 5.74. The third kappa shape index (κ3) is 2.29. The second-order valence-corrected chi connectivity index (χ2v) is 4.97. The lowest BCUT2D eigenvalue weighted by Gasteiger charge is -2.43. The second kappa shape index (κ2) is 4.42. The maximum atomic E-state index is 14.3. The molecule has 0 aromatic rings. The number of nitrogens with zero attached hydrogens (tertiary/aromatic N) is 1. The summed E-state index contributed by atoms with van der Waals surface area (Å²) in [4.78, 5) is 12.9. The summed E-state index contributed by atoms with van der Waals surface area (Å²) in [6, 6.07) is -1.00. The molecule has 6 heteroatoms. The van der Waals surface area contributed by atoms with Gasteiger partial charge in [0.15, 0.2) is 0 Å². The largest absolute Gasteiger partial charge is 0.368 e. The molecule has 1 heterocycles. The van der Waals surface area contributed by atoms with E-state index < -0.39 is 36.0 Å². The Balaban J connectivity index is 2.28. The van der Waals surface area contributed by atoms with E-state index in [9.17, 15) is 18.0 Å². The Morgan fingerprint density at radius 3 is 2.61 bits per heavy atom. The van der Waals surface area contributed by atoms with E-state index in [2.05, 4.69) is 0 Å². The summed E-state index contributed by atoms with van der Waals surface area (Å²) < 4.78 is 40.2. The molecule has 18 heavy (non-hydrogen) atoms. The Morgan fingerprint density at radius 2 is 2.17 bits per heavy atom. The average Bonchev–Trinajstić information content (AvgIpc) is 2.17. The topological polar surface area (TPSA) is 46.3 Å². The highest BCUT2D eigenvalue weighted by Gasteiger charge is 2.44. The van der Waals surface area contributed by atoms with Crippen LogP contribution in [0.4, 0.5) is 13.2 Å². The van der Waals surface area contributed by atoms with Crippen molar-refractivity contribution in [2.24, 2.45) is 5.73 Å². The lowest BCUT2D eigenvalue weighted by atomic mass is 9.83. The first kappa shape index (κ1) is 13.1. The van der Waals surface area contributed by atoms with Crippen molar-refractivity contribution in [3.05, 3.63) is 23.6 Å². The molecule has 1 aliphatic heterocycles. The zero-order chi connectivity index (χ0) is 13.5. The lowest BCUT2D eigenvalue weighted by molar-refractivity contribution is -0.125. The molecule has 0 spiro atoms. The number of allylic oxidation sites excluding steroid dienone is 3. The molecule has 100 valence electrons. The Morgan fingerprint density at radius 1 is 1.56 bits per heavy atom. The number of nitrogens with two attached hydrogens (primary N) is 1. The van der Waals surface area contributed by atoms with Crippen LogP contribution in [0.25, 0.3) is 0 Å². The fourth-order valence-corrected chi connectivity index (χ4v) is 2.40. The molecule has 3 nitrogen and oxygen atoms in total. The molecule has 2 aliphatic rings. The fourth-order valence-electron chi connectivity index (χ4n) is 2.40. The minimum absolute atomic E-state index is 0.0488. The quantitative estimate of drug-likeness (QED) is 0.834. The summed E-state index contributed by atoms with van der Waals surface area (Å²) in [6.45, 7) is 1.30. The molecule has 1 amide bonds. The molecule has 1 saturated heterocycles. The van der Waals surface area contributed by atoms with Gasteiger partial charge in [0.1, 0.15) is 23.7 Å². The molecule has 2 atom stereocenters. The molecule has 0 radical (unpaired) electrons. The summed E-state index contributed by atoms with van der Waals surface area (Å²) in [6.07, 6.45) is 0.920. The molecule has 1 aliphatic carbocycles. The number of amides is 1. The first-order valence-corrected chi connectivity index (χ1v) is 5.74. The summed E-state index contributed by atoms with van der Waals surface area (Å²) in [7, 11) is 0. The number of hydrogen-bond acceptors (Lipinski definition) is 2. The van der Waals surface area contributed by atoms with Crippen LogP contribution in [-0.2, 0) is 4.79 Å². The molecule has 2 N–H and O–H groups in total. The van der Waals surface area contributed by atoms with Crippen molar-refractivity contribution in [1.29, 1.82) is 0 Å². The van der Waals surface area contributed by atoms with Crippen LogP contribution >= 0.6 is 0 Å². The van der Waals surface area contributed by atoms with E-state index in [4.69, 9.17) is 5.73 Å². The predicted molar refractivity (Wildman–Crippen MR) is 60.9 cm³/mol. The maximum absolute atomic E-state index is 14.3. The van der Waals surface area contributed by atoms with E-state index in [0.29, 0.717) is 0 Å². The van der Waals surface area contributed by atoms with Gasteiger partial charge in [-0.1, -0.05) is 6.08 Å². The number of carbonyl (C=O) groups is 1. The van der Waals surface area contributed by atoms with E-state index >= 15 is 0 Å². The summed E-state index contributed by atoms with van der Waals surface area (Å²) in [5.74, 6) is -1.33. The van der Waals surface area contributed by atoms with E-state index in [-0.39, 0.29) is 18.7 Å².